The lowest BCUT2D eigenvalue weighted by Crippen LogP contribution is -2.17. The van der Waals surface area contributed by atoms with Crippen molar-refractivity contribution in [1.29, 1.82) is 0 Å². The number of methoxy groups -OCH3 is 1. The average Bonchev–Trinajstić information content (AvgIpc) is 2.77. The van der Waals surface area contributed by atoms with Crippen molar-refractivity contribution < 1.29 is 9.84 Å². The third-order valence-electron chi connectivity index (χ3n) is 3.25. The number of H-pyrrole nitrogens is 1. The number of imidazole rings is 1. The fourth-order valence-electron chi connectivity index (χ4n) is 2.30. The van der Waals surface area contributed by atoms with Crippen LogP contribution in [0.3, 0.4) is 0 Å². The Hall–Kier alpha value is -2.69. The van der Waals surface area contributed by atoms with E-state index in [9.17, 15) is 9.90 Å². The number of nitrogens with one attached hydrogen (secondary N) is 1. The van der Waals surface area contributed by atoms with Crippen LogP contribution < -0.4 is 10.4 Å². The van der Waals surface area contributed by atoms with Crippen molar-refractivity contribution in [2.75, 3.05) is 7.11 Å². The molecular weight excluding hydrogens is 256 g/mol. The van der Waals surface area contributed by atoms with E-state index in [1.54, 1.807) is 25.3 Å². The van der Waals surface area contributed by atoms with E-state index in [0.29, 0.717) is 17.6 Å². The van der Waals surface area contributed by atoms with Crippen molar-refractivity contribution in [1.82, 2.24) is 9.55 Å². The van der Waals surface area contributed by atoms with Gasteiger partial charge in [-0.1, -0.05) is 18.2 Å². The number of phenols is 1. The van der Waals surface area contributed by atoms with Gasteiger partial charge in [-0.15, -0.1) is 0 Å². The van der Waals surface area contributed by atoms with Gasteiger partial charge in [-0.3, -0.25) is 4.57 Å². The largest absolute Gasteiger partial charge is 0.506 e. The van der Waals surface area contributed by atoms with E-state index in [4.69, 9.17) is 4.74 Å². The number of benzene rings is 2. The number of aromatic amines is 1. The van der Waals surface area contributed by atoms with E-state index in [0.717, 1.165) is 11.3 Å². The average molecular weight is 270 g/mol. The summed E-state index contributed by atoms with van der Waals surface area (Å²) in [6, 6.07) is 12.5. The lowest BCUT2D eigenvalue weighted by atomic mass is 10.2. The first kappa shape index (κ1) is 12.3. The molecule has 0 atom stereocenters. The minimum absolute atomic E-state index is 0.0868. The van der Waals surface area contributed by atoms with Crippen molar-refractivity contribution >= 4 is 11.0 Å². The quantitative estimate of drug-likeness (QED) is 0.765. The van der Waals surface area contributed by atoms with Gasteiger partial charge in [0.25, 0.3) is 0 Å². The Morgan fingerprint density at radius 1 is 1.25 bits per heavy atom. The van der Waals surface area contributed by atoms with Crippen molar-refractivity contribution in [2.45, 2.75) is 6.54 Å². The summed E-state index contributed by atoms with van der Waals surface area (Å²) in [6.45, 7) is 0.369. The molecule has 5 nitrogen and oxygen atoms in total. The van der Waals surface area contributed by atoms with Gasteiger partial charge in [-0.25, -0.2) is 4.79 Å². The Bertz CT molecular complexity index is 817. The predicted octanol–water partition coefficient (Wildman–Crippen LogP) is 2.09. The summed E-state index contributed by atoms with van der Waals surface area (Å²) in [5.74, 6) is 0.823. The van der Waals surface area contributed by atoms with Crippen LogP contribution >= 0.6 is 0 Å². The lowest BCUT2D eigenvalue weighted by molar-refractivity contribution is 0.414. The third kappa shape index (κ3) is 2.03. The van der Waals surface area contributed by atoms with Crippen LogP contribution in [0.2, 0.25) is 0 Å². The van der Waals surface area contributed by atoms with E-state index >= 15 is 0 Å². The predicted molar refractivity (Wildman–Crippen MR) is 76.3 cm³/mol. The first-order chi connectivity index (χ1) is 9.69. The van der Waals surface area contributed by atoms with Gasteiger partial charge >= 0.3 is 5.69 Å². The molecule has 0 saturated carbocycles. The van der Waals surface area contributed by atoms with E-state index < -0.39 is 0 Å². The molecule has 0 fully saturated rings. The summed E-state index contributed by atoms with van der Waals surface area (Å²) >= 11 is 0. The summed E-state index contributed by atoms with van der Waals surface area (Å²) in [4.78, 5) is 14.7. The molecule has 0 radical (unpaired) electrons. The zero-order valence-corrected chi connectivity index (χ0v) is 11.0. The molecule has 0 saturated heterocycles. The van der Waals surface area contributed by atoms with Crippen molar-refractivity contribution in [3.8, 4) is 11.5 Å². The molecule has 3 aromatic rings. The van der Waals surface area contributed by atoms with Gasteiger partial charge < -0.3 is 14.8 Å². The van der Waals surface area contributed by atoms with E-state index in [1.165, 1.54) is 4.57 Å². The molecule has 0 unspecified atom stereocenters. The number of para-hydroxylation sites is 1. The fourth-order valence-corrected chi connectivity index (χ4v) is 2.30. The standard InChI is InChI=1S/C15H14N2O3/c1-20-11-5-2-4-10(8-11)9-17-14-12(16-15(17)19)6-3-7-13(14)18/h2-8,18H,9H2,1H3,(H,16,19). The highest BCUT2D eigenvalue weighted by atomic mass is 16.5. The number of nitrogens with zero attached hydrogens (tertiary/aromatic N) is 1. The first-order valence-electron chi connectivity index (χ1n) is 6.22. The van der Waals surface area contributed by atoms with Crippen LogP contribution in [0.25, 0.3) is 11.0 Å². The molecule has 1 aromatic heterocycles. The molecule has 3 rings (SSSR count). The highest BCUT2D eigenvalue weighted by Gasteiger charge is 2.11. The van der Waals surface area contributed by atoms with Crippen LogP contribution in [-0.4, -0.2) is 21.8 Å². The summed E-state index contributed by atoms with van der Waals surface area (Å²) in [5, 5.41) is 9.94. The van der Waals surface area contributed by atoms with Crippen LogP contribution in [0, 0.1) is 0 Å². The second-order valence-electron chi connectivity index (χ2n) is 4.54. The first-order valence-corrected chi connectivity index (χ1v) is 6.22. The minimum Gasteiger partial charge on any atom is -0.506 e. The molecular formula is C15H14N2O3. The lowest BCUT2D eigenvalue weighted by Gasteiger charge is -2.06. The van der Waals surface area contributed by atoms with Gasteiger partial charge in [0.1, 0.15) is 17.0 Å². The zero-order chi connectivity index (χ0) is 14.1. The number of ether oxygens (including phenoxy) is 1. The topological polar surface area (TPSA) is 67.2 Å². The van der Waals surface area contributed by atoms with Crippen LogP contribution in [0.4, 0.5) is 0 Å². The van der Waals surface area contributed by atoms with E-state index in [-0.39, 0.29) is 11.4 Å². The maximum Gasteiger partial charge on any atom is 0.326 e. The van der Waals surface area contributed by atoms with Gasteiger partial charge in [-0.2, -0.15) is 0 Å². The number of hydrogen-bond donors (Lipinski definition) is 2. The number of aromatic hydroxyl groups is 1. The smallest absolute Gasteiger partial charge is 0.326 e. The van der Waals surface area contributed by atoms with Crippen LogP contribution in [0.5, 0.6) is 11.5 Å². The van der Waals surface area contributed by atoms with Gasteiger partial charge in [0.05, 0.1) is 19.2 Å². The van der Waals surface area contributed by atoms with Crippen LogP contribution in [0.15, 0.2) is 47.3 Å². The maximum atomic E-state index is 12.0. The van der Waals surface area contributed by atoms with Gasteiger partial charge in [0.2, 0.25) is 0 Å². The number of fused-ring (bicyclic) bond motifs is 1. The summed E-state index contributed by atoms with van der Waals surface area (Å²) < 4.78 is 6.68. The number of phenolic OH excluding ortho intramolecular Hbond substituents is 1. The molecule has 5 heteroatoms. The Balaban J connectivity index is 2.10. The molecule has 20 heavy (non-hydrogen) atoms. The molecule has 2 aromatic carbocycles. The van der Waals surface area contributed by atoms with Crippen molar-refractivity contribution in [3.63, 3.8) is 0 Å². The number of hydrogen-bond acceptors (Lipinski definition) is 3. The summed E-state index contributed by atoms with van der Waals surface area (Å²) in [5.41, 5.74) is 1.82. The normalized spacial score (nSPS) is 10.8. The third-order valence-corrected chi connectivity index (χ3v) is 3.25. The molecule has 0 amide bonds. The van der Waals surface area contributed by atoms with Crippen molar-refractivity contribution in [3.05, 3.63) is 58.5 Å². The van der Waals surface area contributed by atoms with Crippen LogP contribution in [-0.2, 0) is 6.54 Å². The Labute approximate surface area is 115 Å². The molecule has 102 valence electrons. The fraction of sp³-hybridized carbons (Fsp3) is 0.133. The SMILES string of the molecule is COc1cccc(Cn2c(=O)[nH]c3cccc(O)c32)c1. The second kappa shape index (κ2) is 4.77. The Morgan fingerprint density at radius 3 is 2.85 bits per heavy atom. The van der Waals surface area contributed by atoms with Gasteiger partial charge in [0, 0.05) is 0 Å². The molecule has 1 heterocycles. The molecule has 0 bridgehead atoms. The number of aromatic nitrogens is 2. The Kier molecular flexibility index (Phi) is 2.95. The maximum absolute atomic E-state index is 12.0. The van der Waals surface area contributed by atoms with Crippen LogP contribution in [0.1, 0.15) is 5.56 Å². The second-order valence-corrected chi connectivity index (χ2v) is 4.54. The van der Waals surface area contributed by atoms with Crippen molar-refractivity contribution in [2.24, 2.45) is 0 Å². The van der Waals surface area contributed by atoms with E-state index in [1.807, 2.05) is 24.3 Å². The zero-order valence-electron chi connectivity index (χ0n) is 11.0. The Morgan fingerprint density at radius 2 is 2.05 bits per heavy atom. The highest BCUT2D eigenvalue weighted by molar-refractivity contribution is 5.81. The molecule has 0 aliphatic rings. The molecule has 2 N–H and O–H groups in total. The van der Waals surface area contributed by atoms with Gasteiger partial charge in [-0.05, 0) is 29.8 Å². The summed E-state index contributed by atoms with van der Waals surface area (Å²) in [6.07, 6.45) is 0. The highest BCUT2D eigenvalue weighted by Crippen LogP contribution is 2.23. The molecule has 0 aliphatic heterocycles. The number of rotatable bonds is 3. The van der Waals surface area contributed by atoms with Gasteiger partial charge in [0.15, 0.2) is 0 Å². The summed E-state index contributed by atoms with van der Waals surface area (Å²) in [7, 11) is 1.60. The van der Waals surface area contributed by atoms with E-state index in [2.05, 4.69) is 4.98 Å². The molecule has 0 spiro atoms. The molecule has 0 aliphatic carbocycles. The monoisotopic (exact) mass is 270 g/mol. The minimum atomic E-state index is -0.246.